The van der Waals surface area contributed by atoms with Gasteiger partial charge in [0.1, 0.15) is 18.5 Å². The van der Waals surface area contributed by atoms with Gasteiger partial charge >= 0.3 is 6.09 Å². The molecule has 2 aromatic carbocycles. The number of anilines is 1. The second kappa shape index (κ2) is 12.7. The lowest BCUT2D eigenvalue weighted by Gasteiger charge is -2.26. The van der Waals surface area contributed by atoms with Gasteiger partial charge in [-0.05, 0) is 36.4 Å². The standard InChI is InChI=1S/C22H23N3O7/c1-30-19(10-11-20(27)25-29)21(17-4-2-3-5-18(17)31-13-12-26)32-22(28)24-16-8-6-15(14-23)7-9-16/h2-11,19,21,26,29H,12-13H2,1H3,(H,24,28)(H,25,27)/b11-10+/t19-,21-/m1/s1. The highest BCUT2D eigenvalue weighted by molar-refractivity contribution is 5.86. The molecule has 0 bridgehead atoms. The summed E-state index contributed by atoms with van der Waals surface area (Å²) in [6.45, 7) is -0.203. The number of ether oxygens (including phenoxy) is 3. The number of amides is 2. The number of nitrogens with zero attached hydrogens (tertiary/aromatic N) is 1. The number of nitriles is 1. The third-order valence-corrected chi connectivity index (χ3v) is 4.19. The Labute approximate surface area is 184 Å². The van der Waals surface area contributed by atoms with Crippen molar-refractivity contribution in [1.82, 2.24) is 5.48 Å². The molecule has 0 fully saturated rings. The average Bonchev–Trinajstić information content (AvgIpc) is 2.82. The average molecular weight is 441 g/mol. The Morgan fingerprint density at radius 3 is 2.53 bits per heavy atom. The molecule has 0 spiro atoms. The molecule has 2 amide bonds. The number of hydrogen-bond acceptors (Lipinski definition) is 8. The minimum Gasteiger partial charge on any atom is -0.491 e. The predicted octanol–water partition coefficient (Wildman–Crippen LogP) is 2.30. The van der Waals surface area contributed by atoms with Crippen LogP contribution in [0, 0.1) is 11.3 Å². The zero-order valence-corrected chi connectivity index (χ0v) is 17.2. The van der Waals surface area contributed by atoms with E-state index >= 15 is 0 Å². The first-order valence-electron chi connectivity index (χ1n) is 9.47. The van der Waals surface area contributed by atoms with Gasteiger partial charge in [-0.15, -0.1) is 0 Å². The molecule has 0 aromatic heterocycles. The zero-order valence-electron chi connectivity index (χ0n) is 17.2. The van der Waals surface area contributed by atoms with E-state index in [-0.39, 0.29) is 13.2 Å². The van der Waals surface area contributed by atoms with Gasteiger partial charge in [-0.3, -0.25) is 15.3 Å². The summed E-state index contributed by atoms with van der Waals surface area (Å²) < 4.78 is 16.6. The van der Waals surface area contributed by atoms with Crippen LogP contribution in [0.3, 0.4) is 0 Å². The van der Waals surface area contributed by atoms with Gasteiger partial charge in [0.2, 0.25) is 0 Å². The van der Waals surface area contributed by atoms with Gasteiger partial charge in [0, 0.05) is 24.4 Å². The van der Waals surface area contributed by atoms with Crippen LogP contribution < -0.4 is 15.5 Å². The molecule has 0 aliphatic rings. The van der Waals surface area contributed by atoms with E-state index < -0.39 is 24.2 Å². The Morgan fingerprint density at radius 2 is 1.91 bits per heavy atom. The summed E-state index contributed by atoms with van der Waals surface area (Å²) in [6, 6.07) is 14.9. The van der Waals surface area contributed by atoms with Crippen LogP contribution in [0.2, 0.25) is 0 Å². The molecule has 2 atom stereocenters. The van der Waals surface area contributed by atoms with Crippen molar-refractivity contribution in [2.75, 3.05) is 25.6 Å². The van der Waals surface area contributed by atoms with E-state index in [9.17, 15) is 9.59 Å². The molecule has 168 valence electrons. The number of methoxy groups -OCH3 is 1. The van der Waals surface area contributed by atoms with E-state index in [0.717, 1.165) is 6.08 Å². The maximum absolute atomic E-state index is 12.6. The van der Waals surface area contributed by atoms with Crippen LogP contribution in [0.1, 0.15) is 17.2 Å². The van der Waals surface area contributed by atoms with Gasteiger partial charge < -0.3 is 19.3 Å². The van der Waals surface area contributed by atoms with E-state index in [1.54, 1.807) is 48.5 Å². The van der Waals surface area contributed by atoms with Crippen LogP contribution in [-0.2, 0) is 14.3 Å². The van der Waals surface area contributed by atoms with Crippen molar-refractivity contribution in [3.05, 3.63) is 71.8 Å². The van der Waals surface area contributed by atoms with Gasteiger partial charge in [0.15, 0.2) is 6.10 Å². The number of aliphatic hydroxyl groups excluding tert-OH is 1. The summed E-state index contributed by atoms with van der Waals surface area (Å²) >= 11 is 0. The molecule has 0 aliphatic carbocycles. The highest BCUT2D eigenvalue weighted by Gasteiger charge is 2.28. The first-order chi connectivity index (χ1) is 15.5. The van der Waals surface area contributed by atoms with Crippen molar-refractivity contribution in [2.45, 2.75) is 12.2 Å². The maximum atomic E-state index is 12.6. The number of benzene rings is 2. The Bertz CT molecular complexity index is 970. The highest BCUT2D eigenvalue weighted by Crippen LogP contribution is 2.32. The van der Waals surface area contributed by atoms with E-state index in [0.29, 0.717) is 22.6 Å². The fourth-order valence-corrected chi connectivity index (χ4v) is 2.72. The van der Waals surface area contributed by atoms with Gasteiger partial charge in [-0.2, -0.15) is 5.26 Å². The van der Waals surface area contributed by atoms with E-state index in [4.69, 9.17) is 29.8 Å². The van der Waals surface area contributed by atoms with Crippen LogP contribution in [0.15, 0.2) is 60.7 Å². The number of aliphatic hydroxyl groups is 1. The molecule has 0 radical (unpaired) electrons. The second-order valence-corrected chi connectivity index (χ2v) is 6.29. The van der Waals surface area contributed by atoms with Crippen LogP contribution >= 0.6 is 0 Å². The fourth-order valence-electron chi connectivity index (χ4n) is 2.72. The number of para-hydroxylation sites is 1. The minimum absolute atomic E-state index is 0.0155. The SMILES string of the molecule is CO[C@H](/C=C/C(=O)NO)[C@H](OC(=O)Nc1ccc(C#N)cc1)c1ccccc1OCCO. The number of carbonyl (C=O) groups is 2. The Hall–Kier alpha value is -3.91. The fraction of sp³-hybridized carbons (Fsp3) is 0.227. The van der Waals surface area contributed by atoms with Gasteiger partial charge in [-0.1, -0.05) is 18.2 Å². The monoisotopic (exact) mass is 441 g/mol. The van der Waals surface area contributed by atoms with E-state index in [1.807, 2.05) is 6.07 Å². The van der Waals surface area contributed by atoms with Crippen molar-refractivity contribution in [3.63, 3.8) is 0 Å². The minimum atomic E-state index is -1.06. The highest BCUT2D eigenvalue weighted by atomic mass is 16.6. The number of rotatable bonds is 10. The molecule has 0 unspecified atom stereocenters. The summed E-state index contributed by atoms with van der Waals surface area (Å²) in [6.07, 6.45) is -0.471. The second-order valence-electron chi connectivity index (χ2n) is 6.29. The molecule has 0 saturated carbocycles. The Balaban J connectivity index is 2.32. The molecule has 10 heteroatoms. The topological polar surface area (TPSA) is 150 Å². The first kappa shape index (κ1) is 24.4. The molecule has 0 saturated heterocycles. The lowest BCUT2D eigenvalue weighted by molar-refractivity contribution is -0.124. The smallest absolute Gasteiger partial charge is 0.412 e. The number of carbonyl (C=O) groups excluding carboxylic acids is 2. The molecular weight excluding hydrogens is 418 g/mol. The Morgan fingerprint density at radius 1 is 1.19 bits per heavy atom. The summed E-state index contributed by atoms with van der Waals surface area (Å²) in [5.74, 6) is -0.447. The third kappa shape index (κ3) is 7.10. The van der Waals surface area contributed by atoms with Crippen molar-refractivity contribution >= 4 is 17.7 Å². The molecular formula is C22H23N3O7. The molecule has 2 aromatic rings. The van der Waals surface area contributed by atoms with Gasteiger partial charge in [0.25, 0.3) is 5.91 Å². The van der Waals surface area contributed by atoms with E-state index in [1.165, 1.54) is 18.7 Å². The number of hydroxylamine groups is 1. The molecule has 4 N–H and O–H groups in total. The normalized spacial score (nSPS) is 12.4. The lowest BCUT2D eigenvalue weighted by atomic mass is 10.0. The predicted molar refractivity (Wildman–Crippen MR) is 113 cm³/mol. The van der Waals surface area contributed by atoms with Crippen LogP contribution in [0.5, 0.6) is 5.75 Å². The summed E-state index contributed by atoms with van der Waals surface area (Å²) in [7, 11) is 1.36. The van der Waals surface area contributed by atoms with Gasteiger partial charge in [-0.25, -0.2) is 10.3 Å². The van der Waals surface area contributed by atoms with Gasteiger partial charge in [0.05, 0.1) is 18.2 Å². The van der Waals surface area contributed by atoms with Crippen LogP contribution in [0.4, 0.5) is 10.5 Å². The molecule has 0 heterocycles. The zero-order chi connectivity index (χ0) is 23.3. The van der Waals surface area contributed by atoms with Crippen molar-refractivity contribution < 1.29 is 34.1 Å². The van der Waals surface area contributed by atoms with Crippen molar-refractivity contribution in [2.24, 2.45) is 0 Å². The van der Waals surface area contributed by atoms with Crippen molar-refractivity contribution in [1.29, 1.82) is 5.26 Å². The largest absolute Gasteiger partial charge is 0.491 e. The third-order valence-electron chi connectivity index (χ3n) is 4.19. The summed E-state index contributed by atoms with van der Waals surface area (Å²) in [5.41, 5.74) is 2.73. The van der Waals surface area contributed by atoms with Crippen LogP contribution in [-0.4, -0.2) is 48.7 Å². The quantitative estimate of drug-likeness (QED) is 0.249. The summed E-state index contributed by atoms with van der Waals surface area (Å²) in [4.78, 5) is 24.0. The molecule has 32 heavy (non-hydrogen) atoms. The van der Waals surface area contributed by atoms with Crippen LogP contribution in [0.25, 0.3) is 0 Å². The molecule has 2 rings (SSSR count). The Kier molecular flexibility index (Phi) is 9.68. The number of nitrogens with one attached hydrogen (secondary N) is 2. The van der Waals surface area contributed by atoms with Crippen molar-refractivity contribution in [3.8, 4) is 11.8 Å². The first-order valence-corrected chi connectivity index (χ1v) is 9.47. The summed E-state index contributed by atoms with van der Waals surface area (Å²) in [5, 5.41) is 29.2. The number of hydrogen-bond donors (Lipinski definition) is 4. The maximum Gasteiger partial charge on any atom is 0.412 e. The molecule has 0 aliphatic heterocycles. The van der Waals surface area contributed by atoms with E-state index in [2.05, 4.69) is 5.32 Å². The molecule has 10 nitrogen and oxygen atoms in total. The lowest BCUT2D eigenvalue weighted by Crippen LogP contribution is -2.28.